The summed E-state index contributed by atoms with van der Waals surface area (Å²) in [4.78, 5) is 30.6. The highest BCUT2D eigenvalue weighted by Gasteiger charge is 2.17. The summed E-state index contributed by atoms with van der Waals surface area (Å²) in [5.74, 6) is 0.215. The van der Waals surface area contributed by atoms with Crippen molar-refractivity contribution in [3.63, 3.8) is 0 Å². The van der Waals surface area contributed by atoms with Crippen molar-refractivity contribution in [1.82, 2.24) is 9.55 Å². The van der Waals surface area contributed by atoms with Gasteiger partial charge in [0.1, 0.15) is 30.3 Å². The number of carbonyl (C=O) groups excluding carboxylic acids is 1. The van der Waals surface area contributed by atoms with E-state index in [1.807, 2.05) is 35.7 Å². The minimum atomic E-state index is -0.500. The standard InChI is InChI=1S/C26H24N2O4S/c29-23(32-13-12-31-21-8-2-1-3-9-21)15-28-17-27-25-24(26(28)30)22(16-33-25)20-11-10-18-6-4-5-7-19(18)14-20/h1-3,8-11,14,16-17H,4-7,12-13,15H2. The number of fused-ring (bicyclic) bond motifs is 2. The van der Waals surface area contributed by atoms with Crippen molar-refractivity contribution in [2.24, 2.45) is 0 Å². The molecule has 0 fully saturated rings. The number of hydrogen-bond acceptors (Lipinski definition) is 6. The number of esters is 1. The van der Waals surface area contributed by atoms with Gasteiger partial charge in [-0.05, 0) is 54.5 Å². The molecule has 0 amide bonds. The molecule has 0 saturated heterocycles. The number of aryl methyl sites for hydroxylation is 2. The van der Waals surface area contributed by atoms with Crippen LogP contribution in [0.5, 0.6) is 5.75 Å². The van der Waals surface area contributed by atoms with Gasteiger partial charge in [-0.15, -0.1) is 11.3 Å². The number of carbonyl (C=O) groups is 1. The van der Waals surface area contributed by atoms with Crippen LogP contribution in [0.2, 0.25) is 0 Å². The Morgan fingerprint density at radius 1 is 1.03 bits per heavy atom. The Morgan fingerprint density at radius 3 is 2.70 bits per heavy atom. The van der Waals surface area contributed by atoms with E-state index in [2.05, 4.69) is 23.2 Å². The third-order valence-electron chi connectivity index (χ3n) is 5.88. The molecule has 4 aromatic rings. The van der Waals surface area contributed by atoms with Crippen LogP contribution in [0.25, 0.3) is 21.3 Å². The molecule has 2 aromatic heterocycles. The van der Waals surface area contributed by atoms with Crippen LogP contribution >= 0.6 is 11.3 Å². The van der Waals surface area contributed by atoms with E-state index in [1.54, 1.807) is 0 Å². The molecule has 1 aliphatic carbocycles. The van der Waals surface area contributed by atoms with Crippen LogP contribution < -0.4 is 10.3 Å². The van der Waals surface area contributed by atoms with Gasteiger partial charge in [-0.25, -0.2) is 4.98 Å². The van der Waals surface area contributed by atoms with Crippen LogP contribution in [-0.2, 0) is 28.9 Å². The first-order valence-electron chi connectivity index (χ1n) is 11.1. The lowest BCUT2D eigenvalue weighted by Gasteiger charge is -2.16. The molecule has 33 heavy (non-hydrogen) atoms. The zero-order valence-electron chi connectivity index (χ0n) is 18.2. The maximum atomic E-state index is 13.2. The molecule has 1 aliphatic rings. The molecule has 0 radical (unpaired) electrons. The highest BCUT2D eigenvalue weighted by atomic mass is 32.1. The quantitative estimate of drug-likeness (QED) is 0.297. The van der Waals surface area contributed by atoms with Crippen LogP contribution in [0.3, 0.4) is 0 Å². The van der Waals surface area contributed by atoms with Crippen molar-refractivity contribution in [2.45, 2.75) is 32.2 Å². The second-order valence-electron chi connectivity index (χ2n) is 8.08. The van der Waals surface area contributed by atoms with E-state index in [-0.39, 0.29) is 25.3 Å². The highest BCUT2D eigenvalue weighted by molar-refractivity contribution is 7.17. The average Bonchev–Trinajstić information content (AvgIpc) is 3.29. The third-order valence-corrected chi connectivity index (χ3v) is 6.76. The number of ether oxygens (including phenoxy) is 2. The summed E-state index contributed by atoms with van der Waals surface area (Å²) < 4.78 is 12.1. The van der Waals surface area contributed by atoms with Crippen molar-refractivity contribution in [1.29, 1.82) is 0 Å². The van der Waals surface area contributed by atoms with Crippen molar-refractivity contribution >= 4 is 27.5 Å². The fourth-order valence-corrected chi connectivity index (χ4v) is 5.12. The lowest BCUT2D eigenvalue weighted by atomic mass is 9.89. The molecular weight excluding hydrogens is 436 g/mol. The van der Waals surface area contributed by atoms with Crippen molar-refractivity contribution in [2.75, 3.05) is 13.2 Å². The van der Waals surface area contributed by atoms with Crippen LogP contribution in [0.15, 0.2) is 65.0 Å². The monoisotopic (exact) mass is 460 g/mol. The van der Waals surface area contributed by atoms with Gasteiger partial charge in [0.05, 0.1) is 11.7 Å². The molecule has 5 rings (SSSR count). The lowest BCUT2D eigenvalue weighted by molar-refractivity contribution is -0.145. The summed E-state index contributed by atoms with van der Waals surface area (Å²) in [5, 5.41) is 2.53. The predicted octanol–water partition coefficient (Wildman–Crippen LogP) is 4.63. The average molecular weight is 461 g/mol. The predicted molar refractivity (Wildman–Crippen MR) is 129 cm³/mol. The van der Waals surface area contributed by atoms with Gasteiger partial charge in [0.15, 0.2) is 0 Å². The van der Waals surface area contributed by atoms with E-state index in [9.17, 15) is 9.59 Å². The molecule has 2 aromatic carbocycles. The van der Waals surface area contributed by atoms with Gasteiger partial charge >= 0.3 is 5.97 Å². The number of thiophene rings is 1. The number of para-hydroxylation sites is 1. The zero-order valence-corrected chi connectivity index (χ0v) is 19.0. The molecule has 2 heterocycles. The maximum Gasteiger partial charge on any atom is 0.326 e. The van der Waals surface area contributed by atoms with E-state index < -0.39 is 5.97 Å². The summed E-state index contributed by atoms with van der Waals surface area (Å²) >= 11 is 1.45. The molecule has 0 atom stereocenters. The lowest BCUT2D eigenvalue weighted by Crippen LogP contribution is -2.26. The number of rotatable bonds is 7. The van der Waals surface area contributed by atoms with Crippen LogP contribution in [0, 0.1) is 0 Å². The first-order valence-corrected chi connectivity index (χ1v) is 12.0. The molecule has 168 valence electrons. The Bertz CT molecular complexity index is 1340. The topological polar surface area (TPSA) is 70.4 Å². The number of nitrogens with zero attached hydrogens (tertiary/aromatic N) is 2. The van der Waals surface area contributed by atoms with Gasteiger partial charge in [-0.3, -0.25) is 14.2 Å². The fraction of sp³-hybridized carbons (Fsp3) is 0.269. The molecule has 6 nitrogen and oxygen atoms in total. The first-order chi connectivity index (χ1) is 16.2. The Balaban J connectivity index is 1.30. The van der Waals surface area contributed by atoms with Gasteiger partial charge in [0, 0.05) is 10.9 Å². The summed E-state index contributed by atoms with van der Waals surface area (Å²) in [6, 6.07) is 15.8. The fourth-order valence-electron chi connectivity index (χ4n) is 4.21. The van der Waals surface area contributed by atoms with Gasteiger partial charge in [0.25, 0.3) is 5.56 Å². The number of hydrogen-bond donors (Lipinski definition) is 0. The van der Waals surface area contributed by atoms with Gasteiger partial charge in [0.2, 0.25) is 0 Å². The molecule has 0 aliphatic heterocycles. The van der Waals surface area contributed by atoms with Crippen LogP contribution in [-0.4, -0.2) is 28.7 Å². The Kier molecular flexibility index (Phi) is 6.21. The van der Waals surface area contributed by atoms with E-state index in [1.165, 1.54) is 46.2 Å². The van der Waals surface area contributed by atoms with Gasteiger partial charge < -0.3 is 9.47 Å². The number of benzene rings is 2. The molecule has 0 saturated carbocycles. The molecule has 0 unspecified atom stereocenters. The maximum absolute atomic E-state index is 13.2. The van der Waals surface area contributed by atoms with E-state index in [0.29, 0.717) is 16.0 Å². The molecule has 0 N–H and O–H groups in total. The van der Waals surface area contributed by atoms with E-state index >= 15 is 0 Å². The van der Waals surface area contributed by atoms with Crippen LogP contribution in [0.1, 0.15) is 24.0 Å². The summed E-state index contributed by atoms with van der Waals surface area (Å²) in [5.41, 5.74) is 4.44. The second kappa shape index (κ2) is 9.58. The van der Waals surface area contributed by atoms with E-state index in [4.69, 9.17) is 9.47 Å². The molecule has 0 spiro atoms. The van der Waals surface area contributed by atoms with Crippen molar-refractivity contribution in [3.8, 4) is 16.9 Å². The zero-order chi connectivity index (χ0) is 22.6. The minimum Gasteiger partial charge on any atom is -0.490 e. The van der Waals surface area contributed by atoms with Crippen LogP contribution in [0.4, 0.5) is 0 Å². The molecule has 7 heteroatoms. The largest absolute Gasteiger partial charge is 0.490 e. The molecule has 0 bridgehead atoms. The van der Waals surface area contributed by atoms with E-state index in [0.717, 1.165) is 24.0 Å². The second-order valence-corrected chi connectivity index (χ2v) is 8.94. The van der Waals surface area contributed by atoms with Crippen molar-refractivity contribution < 1.29 is 14.3 Å². The van der Waals surface area contributed by atoms with Gasteiger partial charge in [-0.2, -0.15) is 0 Å². The normalized spacial score (nSPS) is 13.0. The highest BCUT2D eigenvalue weighted by Crippen LogP contribution is 2.33. The van der Waals surface area contributed by atoms with Crippen molar-refractivity contribution in [3.05, 3.63) is 81.7 Å². The first kappa shape index (κ1) is 21.4. The Morgan fingerprint density at radius 2 is 1.85 bits per heavy atom. The number of aromatic nitrogens is 2. The summed E-state index contributed by atoms with van der Waals surface area (Å²) in [6.45, 7) is 0.165. The third kappa shape index (κ3) is 4.68. The SMILES string of the molecule is O=C(Cn1cnc2scc(-c3ccc4c(c3)CCCC4)c2c1=O)OCCOc1ccccc1. The summed E-state index contributed by atoms with van der Waals surface area (Å²) in [7, 11) is 0. The minimum absolute atomic E-state index is 0.108. The Labute approximate surface area is 195 Å². The molecular formula is C26H24N2O4S. The summed E-state index contributed by atoms with van der Waals surface area (Å²) in [6.07, 6.45) is 6.05. The smallest absolute Gasteiger partial charge is 0.326 e. The van der Waals surface area contributed by atoms with Gasteiger partial charge in [-0.1, -0.05) is 36.4 Å². The Hall–Kier alpha value is -3.45.